The fraction of sp³-hybridized carbons (Fsp3) is 0.421. The van der Waals surface area contributed by atoms with E-state index in [9.17, 15) is 10.1 Å². The van der Waals surface area contributed by atoms with Crippen molar-refractivity contribution in [3.05, 3.63) is 45.4 Å². The third kappa shape index (κ3) is 6.42. The normalized spacial score (nSPS) is 12.1. The summed E-state index contributed by atoms with van der Waals surface area (Å²) in [4.78, 5) is 18.0. The van der Waals surface area contributed by atoms with Gasteiger partial charge in [-0.25, -0.2) is 9.78 Å². The maximum absolute atomic E-state index is 12.2. The minimum absolute atomic E-state index is 0.390. The lowest BCUT2D eigenvalue weighted by molar-refractivity contribution is 0.0278. The van der Waals surface area contributed by atoms with Gasteiger partial charge in [-0.3, -0.25) is 0 Å². The van der Waals surface area contributed by atoms with E-state index in [0.717, 1.165) is 5.01 Å². The molecule has 0 spiro atoms. The van der Waals surface area contributed by atoms with Crippen molar-refractivity contribution in [2.45, 2.75) is 38.9 Å². The molecule has 0 aliphatic rings. The van der Waals surface area contributed by atoms with Gasteiger partial charge < -0.3 is 14.4 Å². The molecule has 1 atom stereocenters. The number of nitrogens with zero attached hydrogens (tertiary/aromatic N) is 3. The van der Waals surface area contributed by atoms with E-state index in [1.54, 1.807) is 31.4 Å². The van der Waals surface area contributed by atoms with Crippen molar-refractivity contribution in [3.8, 4) is 11.8 Å². The van der Waals surface area contributed by atoms with Gasteiger partial charge in [-0.1, -0.05) is 11.6 Å². The van der Waals surface area contributed by atoms with Crippen LogP contribution in [0.5, 0.6) is 5.75 Å². The van der Waals surface area contributed by atoms with Crippen LogP contribution in [0.4, 0.5) is 4.79 Å². The van der Waals surface area contributed by atoms with Crippen LogP contribution < -0.4 is 4.74 Å². The molecule has 1 aromatic heterocycles. The number of carbonyl (C=O) groups excluding carboxylic acids is 1. The Morgan fingerprint density at radius 3 is 2.78 bits per heavy atom. The number of rotatable bonds is 6. The van der Waals surface area contributed by atoms with Crippen LogP contribution in [0.3, 0.4) is 0 Å². The second-order valence-electron chi connectivity index (χ2n) is 6.92. The third-order valence-corrected chi connectivity index (χ3v) is 4.59. The average Bonchev–Trinajstić information content (AvgIpc) is 3.11. The number of thiazole rings is 1. The van der Waals surface area contributed by atoms with Crippen molar-refractivity contribution in [3.63, 3.8) is 0 Å². The van der Waals surface area contributed by atoms with Gasteiger partial charge in [-0.15, -0.1) is 11.3 Å². The zero-order valence-electron chi connectivity index (χ0n) is 15.7. The summed E-state index contributed by atoms with van der Waals surface area (Å²) in [6, 6.07) is 6.96. The molecule has 6 nitrogen and oxygen atoms in total. The molecule has 27 heavy (non-hydrogen) atoms. The van der Waals surface area contributed by atoms with Crippen LogP contribution >= 0.6 is 22.9 Å². The number of carbonyl (C=O) groups is 1. The largest absolute Gasteiger partial charge is 0.482 e. The van der Waals surface area contributed by atoms with Crippen LogP contribution in [0.2, 0.25) is 5.02 Å². The summed E-state index contributed by atoms with van der Waals surface area (Å²) < 4.78 is 11.4. The van der Waals surface area contributed by atoms with Crippen LogP contribution in [-0.2, 0) is 4.74 Å². The molecule has 0 radical (unpaired) electrons. The number of aromatic nitrogens is 1. The van der Waals surface area contributed by atoms with E-state index in [0.29, 0.717) is 29.3 Å². The first-order valence-corrected chi connectivity index (χ1v) is 9.65. The molecule has 2 aromatic rings. The van der Waals surface area contributed by atoms with Crippen LogP contribution in [-0.4, -0.2) is 35.2 Å². The highest BCUT2D eigenvalue weighted by atomic mass is 35.5. The summed E-state index contributed by atoms with van der Waals surface area (Å²) in [5, 5.41) is 12.4. The van der Waals surface area contributed by atoms with Crippen LogP contribution in [0, 0.1) is 11.3 Å². The van der Waals surface area contributed by atoms with Gasteiger partial charge in [-0.05, 0) is 32.9 Å². The van der Waals surface area contributed by atoms with Crippen molar-refractivity contribution in [1.82, 2.24) is 9.88 Å². The maximum atomic E-state index is 12.2. The Bertz CT molecular complexity index is 813. The number of halogens is 1. The van der Waals surface area contributed by atoms with Crippen LogP contribution in [0.15, 0.2) is 29.8 Å². The highest BCUT2D eigenvalue weighted by Crippen LogP contribution is 2.30. The molecule has 8 heteroatoms. The Kier molecular flexibility index (Phi) is 7.05. The number of hydrogen-bond donors (Lipinski definition) is 0. The molecule has 2 rings (SSSR count). The van der Waals surface area contributed by atoms with E-state index in [1.165, 1.54) is 16.2 Å². The highest BCUT2D eigenvalue weighted by Gasteiger charge is 2.23. The fourth-order valence-electron chi connectivity index (χ4n) is 2.21. The summed E-state index contributed by atoms with van der Waals surface area (Å²) in [6.45, 7) is 5.87. The van der Waals surface area contributed by atoms with Crippen molar-refractivity contribution >= 4 is 29.0 Å². The van der Waals surface area contributed by atoms with Gasteiger partial charge in [-0.2, -0.15) is 5.26 Å². The molecular formula is C19H22ClN3O3S. The minimum Gasteiger partial charge on any atom is -0.482 e. The molecule has 0 bridgehead atoms. The first-order valence-electron chi connectivity index (χ1n) is 8.39. The molecule has 1 heterocycles. The number of ether oxygens (including phenoxy) is 2. The Morgan fingerprint density at radius 1 is 1.44 bits per heavy atom. The van der Waals surface area contributed by atoms with Crippen molar-refractivity contribution in [1.29, 1.82) is 5.26 Å². The van der Waals surface area contributed by atoms with Gasteiger partial charge in [0.05, 0.1) is 5.56 Å². The molecule has 1 amide bonds. The summed E-state index contributed by atoms with van der Waals surface area (Å²) >= 11 is 7.49. The van der Waals surface area contributed by atoms with E-state index in [4.69, 9.17) is 21.1 Å². The lowest BCUT2D eigenvalue weighted by Gasteiger charge is -2.26. The summed E-state index contributed by atoms with van der Waals surface area (Å²) in [5.74, 6) is 0.394. The molecule has 0 unspecified atom stereocenters. The lowest BCUT2D eigenvalue weighted by Crippen LogP contribution is -2.35. The molecule has 0 aliphatic heterocycles. The smallest absolute Gasteiger partial charge is 0.410 e. The van der Waals surface area contributed by atoms with E-state index in [1.807, 2.05) is 26.2 Å². The van der Waals surface area contributed by atoms with Crippen molar-refractivity contribution in [2.75, 3.05) is 13.6 Å². The molecule has 1 aromatic carbocycles. The monoisotopic (exact) mass is 407 g/mol. The van der Waals surface area contributed by atoms with Gasteiger partial charge in [0.2, 0.25) is 0 Å². The predicted molar refractivity (Wildman–Crippen MR) is 105 cm³/mol. The summed E-state index contributed by atoms with van der Waals surface area (Å²) in [6.07, 6.45) is 1.36. The average molecular weight is 408 g/mol. The number of benzene rings is 1. The topological polar surface area (TPSA) is 75.5 Å². The van der Waals surface area contributed by atoms with E-state index in [2.05, 4.69) is 11.1 Å². The van der Waals surface area contributed by atoms with Gasteiger partial charge in [0.15, 0.2) is 6.10 Å². The minimum atomic E-state index is -0.557. The SMILES string of the molecule is CN(CC[C@@H](Oc1cc(Cl)ccc1C#N)c1nccs1)C(=O)OC(C)(C)C. The first kappa shape index (κ1) is 21.0. The van der Waals surface area contributed by atoms with Gasteiger partial charge in [0.1, 0.15) is 22.4 Å². The second-order valence-corrected chi connectivity index (χ2v) is 8.28. The first-order chi connectivity index (χ1) is 12.7. The van der Waals surface area contributed by atoms with E-state index in [-0.39, 0.29) is 0 Å². The van der Waals surface area contributed by atoms with Gasteiger partial charge in [0.25, 0.3) is 0 Å². The van der Waals surface area contributed by atoms with Crippen LogP contribution in [0.1, 0.15) is 43.9 Å². The third-order valence-electron chi connectivity index (χ3n) is 3.49. The molecule has 144 valence electrons. The molecular weight excluding hydrogens is 386 g/mol. The Morgan fingerprint density at radius 2 is 2.19 bits per heavy atom. The fourth-order valence-corrected chi connectivity index (χ4v) is 3.07. The lowest BCUT2D eigenvalue weighted by atomic mass is 10.2. The van der Waals surface area contributed by atoms with Crippen molar-refractivity contribution in [2.24, 2.45) is 0 Å². The molecule has 0 saturated heterocycles. The van der Waals surface area contributed by atoms with Gasteiger partial charge in [0, 0.05) is 42.7 Å². The number of amides is 1. The van der Waals surface area contributed by atoms with E-state index >= 15 is 0 Å². The van der Waals surface area contributed by atoms with E-state index < -0.39 is 17.8 Å². The maximum Gasteiger partial charge on any atom is 0.410 e. The highest BCUT2D eigenvalue weighted by molar-refractivity contribution is 7.09. The summed E-state index contributed by atoms with van der Waals surface area (Å²) in [7, 11) is 1.67. The zero-order chi connectivity index (χ0) is 20.0. The quantitative estimate of drug-likeness (QED) is 0.670. The predicted octanol–water partition coefficient (Wildman–Crippen LogP) is 5.05. The molecule has 0 saturated carbocycles. The van der Waals surface area contributed by atoms with Crippen LogP contribution in [0.25, 0.3) is 0 Å². The summed E-state index contributed by atoms with van der Waals surface area (Å²) in [5.41, 5.74) is -0.166. The number of hydrogen-bond acceptors (Lipinski definition) is 6. The molecule has 0 N–H and O–H groups in total. The molecule has 0 aliphatic carbocycles. The Hall–Kier alpha value is -2.30. The Labute approximate surface area is 168 Å². The van der Waals surface area contributed by atoms with Gasteiger partial charge >= 0.3 is 6.09 Å². The van der Waals surface area contributed by atoms with Crippen molar-refractivity contribution < 1.29 is 14.3 Å². The molecule has 0 fully saturated rings. The second kappa shape index (κ2) is 9.07. The Balaban J connectivity index is 2.12. The number of nitriles is 1. The standard InChI is InChI=1S/C19H22ClN3O3S/c1-19(2,3)26-18(24)23(4)9-7-15(17-22-8-10-27-17)25-16-11-14(20)6-5-13(16)12-21/h5-6,8,10-11,15H,7,9H2,1-4H3/t15-/m1/s1. The zero-order valence-corrected chi connectivity index (χ0v) is 17.3.